The molecule has 2 aromatic carbocycles. The summed E-state index contributed by atoms with van der Waals surface area (Å²) in [5, 5.41) is 9.97. The van der Waals surface area contributed by atoms with Crippen molar-refractivity contribution in [3.63, 3.8) is 0 Å². The number of carbonyl (C=O) groups excluding carboxylic acids is 1. The Morgan fingerprint density at radius 1 is 0.975 bits per heavy atom. The van der Waals surface area contributed by atoms with Gasteiger partial charge in [0.15, 0.2) is 11.6 Å². The molecule has 0 fully saturated rings. The number of anilines is 1. The summed E-state index contributed by atoms with van der Waals surface area (Å²) >= 11 is 0. The monoisotopic (exact) mass is 537 g/mol. The number of nitrogens with one attached hydrogen (secondary N) is 2. The lowest BCUT2D eigenvalue weighted by atomic mass is 10.1. The van der Waals surface area contributed by atoms with Crippen LogP contribution >= 0.6 is 0 Å². The topological polar surface area (TPSA) is 110 Å². The fraction of sp³-hybridized carbons (Fsp3) is 0.0333. The molecule has 0 aliphatic rings. The molecule has 1 amide bonds. The van der Waals surface area contributed by atoms with Gasteiger partial charge in [-0.3, -0.25) is 24.1 Å². The second kappa shape index (κ2) is 11.5. The van der Waals surface area contributed by atoms with E-state index >= 15 is 4.39 Å². The van der Waals surface area contributed by atoms with E-state index in [1.807, 2.05) is 0 Å². The molecule has 198 valence electrons. The minimum absolute atomic E-state index is 0.106. The zero-order valence-electron chi connectivity index (χ0n) is 20.8. The van der Waals surface area contributed by atoms with Crippen molar-refractivity contribution in [1.82, 2.24) is 14.5 Å². The Balaban J connectivity index is 1.37. The quantitative estimate of drug-likeness (QED) is 0.243. The third-order valence-corrected chi connectivity index (χ3v) is 5.95. The Labute approximate surface area is 227 Å². The number of hydrogen-bond acceptors (Lipinski definition) is 6. The van der Waals surface area contributed by atoms with Gasteiger partial charge in [-0.15, -0.1) is 0 Å². The maximum atomic E-state index is 15.1. The third-order valence-electron chi connectivity index (χ3n) is 5.95. The van der Waals surface area contributed by atoms with Crippen LogP contribution in [0.15, 0.2) is 102 Å². The van der Waals surface area contributed by atoms with Gasteiger partial charge in [-0.2, -0.15) is 0 Å². The minimum Gasteiger partial charge on any atom is -0.452 e. The summed E-state index contributed by atoms with van der Waals surface area (Å²) in [5.74, 6) is -1.79. The molecule has 0 spiro atoms. The van der Waals surface area contributed by atoms with E-state index in [0.29, 0.717) is 11.4 Å². The minimum atomic E-state index is -0.760. The molecule has 5 aromatic rings. The Morgan fingerprint density at radius 2 is 1.75 bits per heavy atom. The van der Waals surface area contributed by atoms with Crippen molar-refractivity contribution in [1.29, 1.82) is 5.41 Å². The highest BCUT2D eigenvalue weighted by Crippen LogP contribution is 2.32. The summed E-state index contributed by atoms with van der Waals surface area (Å²) in [6.45, 7) is 0. The Hall–Kier alpha value is -5.51. The van der Waals surface area contributed by atoms with Crippen LogP contribution in [-0.2, 0) is 6.42 Å². The summed E-state index contributed by atoms with van der Waals surface area (Å²) in [7, 11) is 0. The van der Waals surface area contributed by atoms with Crippen molar-refractivity contribution >= 4 is 17.8 Å². The molecule has 0 bridgehead atoms. The highest BCUT2D eigenvalue weighted by atomic mass is 19.1. The molecule has 0 atom stereocenters. The lowest BCUT2D eigenvalue weighted by Crippen LogP contribution is -2.27. The molecule has 0 saturated carbocycles. The molecule has 2 N–H and O–H groups in total. The van der Waals surface area contributed by atoms with E-state index in [1.165, 1.54) is 65.5 Å². The summed E-state index contributed by atoms with van der Waals surface area (Å²) in [4.78, 5) is 34.2. The summed E-state index contributed by atoms with van der Waals surface area (Å²) in [6.07, 6.45) is 7.74. The van der Waals surface area contributed by atoms with E-state index in [-0.39, 0.29) is 29.2 Å². The van der Waals surface area contributed by atoms with Gasteiger partial charge in [0, 0.05) is 60.4 Å². The van der Waals surface area contributed by atoms with Crippen molar-refractivity contribution in [3.05, 3.63) is 131 Å². The maximum Gasteiger partial charge on any atom is 0.267 e. The molecule has 40 heavy (non-hydrogen) atoms. The van der Waals surface area contributed by atoms with Crippen LogP contribution in [0.2, 0.25) is 0 Å². The first-order valence-corrected chi connectivity index (χ1v) is 12.1. The molecule has 5 rings (SSSR count). The number of benzene rings is 2. The van der Waals surface area contributed by atoms with Crippen molar-refractivity contribution in [2.75, 3.05) is 5.32 Å². The maximum absolute atomic E-state index is 15.1. The van der Waals surface area contributed by atoms with E-state index in [4.69, 9.17) is 10.1 Å². The van der Waals surface area contributed by atoms with E-state index in [0.717, 1.165) is 17.2 Å². The molecule has 3 aromatic heterocycles. The van der Waals surface area contributed by atoms with Gasteiger partial charge in [-0.25, -0.2) is 8.78 Å². The van der Waals surface area contributed by atoms with Crippen molar-refractivity contribution in [2.45, 2.75) is 6.42 Å². The van der Waals surface area contributed by atoms with E-state index in [2.05, 4.69) is 15.3 Å². The average Bonchev–Trinajstić information content (AvgIpc) is 2.96. The first-order valence-electron chi connectivity index (χ1n) is 12.1. The normalized spacial score (nSPS) is 10.7. The Kier molecular flexibility index (Phi) is 7.49. The lowest BCUT2D eigenvalue weighted by molar-refractivity contribution is 0.102. The predicted molar refractivity (Wildman–Crippen MR) is 146 cm³/mol. The SMILES string of the molecule is N=CCc1ncc(-c2ccncc2)cc1Oc1ccc(NC(=O)c2cccn(-c3ccc(F)cc3)c2=O)cc1F. The number of amides is 1. The number of carbonyl (C=O) groups is 1. The van der Waals surface area contributed by atoms with E-state index in [1.54, 1.807) is 36.8 Å². The van der Waals surface area contributed by atoms with Gasteiger partial charge in [-0.05, 0) is 72.3 Å². The number of halogens is 2. The number of aromatic nitrogens is 3. The van der Waals surface area contributed by atoms with Crippen LogP contribution in [0.4, 0.5) is 14.5 Å². The number of hydrogen-bond donors (Lipinski definition) is 2. The molecule has 0 unspecified atom stereocenters. The predicted octanol–water partition coefficient (Wildman–Crippen LogP) is 5.81. The lowest BCUT2D eigenvalue weighted by Gasteiger charge is -2.13. The van der Waals surface area contributed by atoms with Crippen LogP contribution in [0.5, 0.6) is 11.5 Å². The van der Waals surface area contributed by atoms with Gasteiger partial charge in [0.2, 0.25) is 0 Å². The smallest absolute Gasteiger partial charge is 0.267 e. The molecule has 8 nitrogen and oxygen atoms in total. The van der Waals surface area contributed by atoms with Crippen LogP contribution in [0, 0.1) is 17.0 Å². The Morgan fingerprint density at radius 3 is 2.48 bits per heavy atom. The molecule has 10 heteroatoms. The molecular weight excluding hydrogens is 516 g/mol. The Bertz CT molecular complexity index is 1760. The van der Waals surface area contributed by atoms with Gasteiger partial charge in [0.1, 0.15) is 17.1 Å². The van der Waals surface area contributed by atoms with Crippen LogP contribution in [0.25, 0.3) is 16.8 Å². The van der Waals surface area contributed by atoms with Gasteiger partial charge in [0.05, 0.1) is 5.69 Å². The van der Waals surface area contributed by atoms with Gasteiger partial charge in [-0.1, -0.05) is 0 Å². The van der Waals surface area contributed by atoms with Crippen LogP contribution in [0.1, 0.15) is 16.1 Å². The fourth-order valence-electron chi connectivity index (χ4n) is 3.96. The van der Waals surface area contributed by atoms with Crippen LogP contribution < -0.4 is 15.6 Å². The molecular formula is C30H21F2N5O3. The standard InChI is InChI=1S/C30H21F2N5O3/c31-21-3-6-23(7-4-21)37-15-1-2-24(30(37)39)29(38)36-22-5-8-27(25(32)17-22)40-28-16-20(18-35-26(28)9-12-33)19-10-13-34-14-11-19/h1-8,10-18,33H,9H2,(H,36,38). The molecule has 3 heterocycles. The molecule has 0 aliphatic heterocycles. The number of pyridine rings is 3. The third kappa shape index (κ3) is 5.65. The number of nitrogens with zero attached hydrogens (tertiary/aromatic N) is 3. The second-order valence-corrected chi connectivity index (χ2v) is 8.59. The first kappa shape index (κ1) is 26.1. The summed E-state index contributed by atoms with van der Waals surface area (Å²) in [5.41, 5.74) is 1.71. The number of ether oxygens (including phenoxy) is 1. The van der Waals surface area contributed by atoms with Crippen molar-refractivity contribution in [2.24, 2.45) is 0 Å². The second-order valence-electron chi connectivity index (χ2n) is 8.59. The highest BCUT2D eigenvalue weighted by molar-refractivity contribution is 6.04. The van der Waals surface area contributed by atoms with Crippen LogP contribution in [0.3, 0.4) is 0 Å². The highest BCUT2D eigenvalue weighted by Gasteiger charge is 2.16. The number of rotatable bonds is 8. The van der Waals surface area contributed by atoms with Crippen molar-refractivity contribution in [3.8, 4) is 28.3 Å². The first-order chi connectivity index (χ1) is 19.4. The van der Waals surface area contributed by atoms with Gasteiger partial charge < -0.3 is 15.5 Å². The molecule has 0 saturated heterocycles. The zero-order valence-corrected chi connectivity index (χ0v) is 20.8. The van der Waals surface area contributed by atoms with E-state index < -0.39 is 23.1 Å². The van der Waals surface area contributed by atoms with Gasteiger partial charge >= 0.3 is 0 Å². The largest absolute Gasteiger partial charge is 0.452 e. The van der Waals surface area contributed by atoms with Gasteiger partial charge in [0.25, 0.3) is 11.5 Å². The average molecular weight is 538 g/mol. The molecule has 0 radical (unpaired) electrons. The zero-order chi connectivity index (χ0) is 28.1. The summed E-state index contributed by atoms with van der Waals surface area (Å²) < 4.78 is 35.4. The fourth-order valence-corrected chi connectivity index (χ4v) is 3.96. The van der Waals surface area contributed by atoms with Crippen molar-refractivity contribution < 1.29 is 18.3 Å². The molecule has 0 aliphatic carbocycles. The van der Waals surface area contributed by atoms with Crippen LogP contribution in [-0.4, -0.2) is 26.7 Å². The van der Waals surface area contributed by atoms with E-state index in [9.17, 15) is 14.0 Å². The summed E-state index contributed by atoms with van der Waals surface area (Å²) in [6, 6.07) is 17.3.